The van der Waals surface area contributed by atoms with E-state index in [1.54, 1.807) is 24.7 Å². The Bertz CT molecular complexity index is 1390. The van der Waals surface area contributed by atoms with Crippen LogP contribution in [0.3, 0.4) is 0 Å². The fourth-order valence-electron chi connectivity index (χ4n) is 4.27. The highest BCUT2D eigenvalue weighted by molar-refractivity contribution is 7.89. The minimum Gasteiger partial charge on any atom is -0.457 e. The molecule has 0 spiro atoms. The maximum Gasteiger partial charge on any atom is 0.309 e. The molecule has 184 valence electrons. The van der Waals surface area contributed by atoms with E-state index in [-0.39, 0.29) is 23.9 Å². The van der Waals surface area contributed by atoms with E-state index in [1.807, 2.05) is 28.8 Å². The molecule has 0 atom stereocenters. The van der Waals surface area contributed by atoms with Gasteiger partial charge in [0.05, 0.1) is 18.4 Å². The summed E-state index contributed by atoms with van der Waals surface area (Å²) in [6, 6.07) is 9.49. The fraction of sp³-hybridized carbons (Fsp3) is 0.417. The largest absolute Gasteiger partial charge is 0.457 e. The van der Waals surface area contributed by atoms with E-state index in [4.69, 9.17) is 10.00 Å². The minimum absolute atomic E-state index is 0.00180. The van der Waals surface area contributed by atoms with Crippen LogP contribution in [0.25, 0.3) is 10.9 Å². The topological polar surface area (TPSA) is 127 Å². The number of nitriles is 1. The molecule has 1 aromatic carbocycles. The van der Waals surface area contributed by atoms with Crippen LogP contribution in [0, 0.1) is 24.2 Å². The van der Waals surface area contributed by atoms with E-state index in [2.05, 4.69) is 11.1 Å². The first-order valence-corrected chi connectivity index (χ1v) is 12.8. The van der Waals surface area contributed by atoms with Gasteiger partial charge < -0.3 is 13.9 Å². The van der Waals surface area contributed by atoms with Crippen LogP contribution in [0.1, 0.15) is 35.4 Å². The maximum atomic E-state index is 12.9. The molecule has 0 bridgehead atoms. The predicted octanol–water partition coefficient (Wildman–Crippen LogP) is 2.42. The summed E-state index contributed by atoms with van der Waals surface area (Å²) < 4.78 is 35.9. The van der Waals surface area contributed by atoms with Gasteiger partial charge in [-0.05, 0) is 25.8 Å². The molecule has 10 nitrogen and oxygen atoms in total. The quantitative estimate of drug-likeness (QED) is 0.345. The third kappa shape index (κ3) is 4.99. The van der Waals surface area contributed by atoms with Crippen LogP contribution in [0.2, 0.25) is 0 Å². The molecule has 0 radical (unpaired) electrons. The van der Waals surface area contributed by atoms with Gasteiger partial charge in [-0.2, -0.15) is 9.57 Å². The maximum absolute atomic E-state index is 12.9. The van der Waals surface area contributed by atoms with Crippen molar-refractivity contribution in [2.75, 3.05) is 19.7 Å². The van der Waals surface area contributed by atoms with E-state index >= 15 is 0 Å². The van der Waals surface area contributed by atoms with Crippen molar-refractivity contribution in [3.63, 3.8) is 0 Å². The number of carbonyl (C=O) groups excluding carboxylic acids is 2. The molecule has 1 aliphatic rings. The van der Waals surface area contributed by atoms with Crippen LogP contribution in [0.15, 0.2) is 41.7 Å². The smallest absolute Gasteiger partial charge is 0.309 e. The lowest BCUT2D eigenvalue weighted by molar-refractivity contribution is -0.148. The Kier molecular flexibility index (Phi) is 7.05. The second-order valence-electron chi connectivity index (χ2n) is 8.61. The summed E-state index contributed by atoms with van der Waals surface area (Å²) in [7, 11) is -2.00. The number of piperidine rings is 1. The summed E-state index contributed by atoms with van der Waals surface area (Å²) in [5, 5.41) is 9.63. The van der Waals surface area contributed by atoms with Crippen LogP contribution in [-0.4, -0.2) is 58.3 Å². The molecule has 11 heteroatoms. The number of ether oxygens (including phenoxy) is 1. The van der Waals surface area contributed by atoms with E-state index in [9.17, 15) is 18.0 Å². The number of Topliss-reactive ketones (excluding diaryl/α,β-unsaturated/α-hetero) is 1. The number of hydrogen-bond acceptors (Lipinski definition) is 7. The standard InChI is InChI=1S/C24H27N5O5S/c1-17-26-23(15-27(17)2)35(32,33)29-12-8-18(9-13-29)24(31)34-16-22(30)20-14-28(11-5-10-25)21-7-4-3-6-19(20)21/h3-4,6-7,14-15,18H,5,8-9,11-13,16H2,1-2H3. The molecular weight excluding hydrogens is 470 g/mol. The minimum atomic E-state index is -3.73. The molecule has 2 aromatic heterocycles. The highest BCUT2D eigenvalue weighted by Gasteiger charge is 2.34. The molecular formula is C24H27N5O5S. The zero-order valence-electron chi connectivity index (χ0n) is 19.7. The Hall–Kier alpha value is -3.49. The molecule has 1 fully saturated rings. The number of imidazole rings is 1. The molecule has 0 saturated carbocycles. The summed E-state index contributed by atoms with van der Waals surface area (Å²) in [5.41, 5.74) is 1.28. The Morgan fingerprint density at radius 2 is 1.91 bits per heavy atom. The number of aromatic nitrogens is 3. The molecule has 1 aliphatic heterocycles. The SMILES string of the molecule is Cc1nc(S(=O)(=O)N2CCC(C(=O)OCC(=O)c3cn(CCC#N)c4ccccc34)CC2)cn1C. The van der Waals surface area contributed by atoms with Crippen LogP contribution in [-0.2, 0) is 33.1 Å². The number of para-hydroxylation sites is 1. The lowest BCUT2D eigenvalue weighted by Gasteiger charge is -2.29. The van der Waals surface area contributed by atoms with Crippen molar-refractivity contribution in [1.82, 2.24) is 18.4 Å². The first-order valence-electron chi connectivity index (χ1n) is 11.4. The number of sulfonamides is 1. The first-order chi connectivity index (χ1) is 16.7. The fourth-order valence-corrected chi connectivity index (χ4v) is 5.77. The van der Waals surface area contributed by atoms with Crippen molar-refractivity contribution < 1.29 is 22.7 Å². The van der Waals surface area contributed by atoms with Gasteiger partial charge >= 0.3 is 5.97 Å². The van der Waals surface area contributed by atoms with Crippen LogP contribution in [0.4, 0.5) is 0 Å². The van der Waals surface area contributed by atoms with Gasteiger partial charge in [-0.15, -0.1) is 0 Å². The van der Waals surface area contributed by atoms with E-state index in [0.717, 1.165) is 10.9 Å². The monoisotopic (exact) mass is 497 g/mol. The number of ketones is 1. The van der Waals surface area contributed by atoms with Gasteiger partial charge in [0.25, 0.3) is 10.0 Å². The van der Waals surface area contributed by atoms with Crippen molar-refractivity contribution in [2.24, 2.45) is 13.0 Å². The van der Waals surface area contributed by atoms with Crippen LogP contribution < -0.4 is 0 Å². The summed E-state index contributed by atoms with van der Waals surface area (Å²) in [5.74, 6) is -0.704. The summed E-state index contributed by atoms with van der Waals surface area (Å²) in [4.78, 5) is 29.6. The van der Waals surface area contributed by atoms with Gasteiger partial charge in [-0.3, -0.25) is 9.59 Å². The lowest BCUT2D eigenvalue weighted by atomic mass is 9.98. The summed E-state index contributed by atoms with van der Waals surface area (Å²) >= 11 is 0. The molecule has 35 heavy (non-hydrogen) atoms. The third-order valence-corrected chi connectivity index (χ3v) is 8.15. The van der Waals surface area contributed by atoms with Crippen molar-refractivity contribution in [3.8, 4) is 6.07 Å². The Labute approximate surface area is 203 Å². The number of carbonyl (C=O) groups is 2. The van der Waals surface area contributed by atoms with Gasteiger partial charge in [0.1, 0.15) is 5.82 Å². The second kappa shape index (κ2) is 10.0. The average molecular weight is 498 g/mol. The van der Waals surface area contributed by atoms with Crippen LogP contribution >= 0.6 is 0 Å². The highest BCUT2D eigenvalue weighted by atomic mass is 32.2. The Morgan fingerprint density at radius 1 is 1.20 bits per heavy atom. The number of hydrogen-bond donors (Lipinski definition) is 0. The van der Waals surface area contributed by atoms with Crippen molar-refractivity contribution >= 4 is 32.7 Å². The van der Waals surface area contributed by atoms with Gasteiger partial charge in [0.2, 0.25) is 5.78 Å². The van der Waals surface area contributed by atoms with Crippen LogP contribution in [0.5, 0.6) is 0 Å². The van der Waals surface area contributed by atoms with E-state index in [1.165, 1.54) is 10.5 Å². The average Bonchev–Trinajstić information content (AvgIpc) is 3.41. The zero-order valence-corrected chi connectivity index (χ0v) is 20.5. The van der Waals surface area contributed by atoms with Gasteiger partial charge in [-0.25, -0.2) is 13.4 Å². The lowest BCUT2D eigenvalue weighted by Crippen LogP contribution is -2.41. The van der Waals surface area contributed by atoms with Gasteiger partial charge in [0, 0.05) is 55.5 Å². The molecule has 4 rings (SSSR count). The number of aryl methyl sites for hydroxylation is 3. The molecule has 3 aromatic rings. The number of nitrogens with zero attached hydrogens (tertiary/aromatic N) is 5. The highest BCUT2D eigenvalue weighted by Crippen LogP contribution is 2.25. The molecule has 0 N–H and O–H groups in total. The third-order valence-electron chi connectivity index (χ3n) is 6.38. The van der Waals surface area contributed by atoms with E-state index < -0.39 is 28.5 Å². The second-order valence-corrected chi connectivity index (χ2v) is 10.5. The predicted molar refractivity (Wildman–Crippen MR) is 127 cm³/mol. The summed E-state index contributed by atoms with van der Waals surface area (Å²) in [6.07, 6.45) is 4.11. The Balaban J connectivity index is 1.35. The zero-order chi connectivity index (χ0) is 25.2. The molecule has 3 heterocycles. The van der Waals surface area contributed by atoms with Crippen molar-refractivity contribution in [3.05, 3.63) is 48.0 Å². The molecule has 0 unspecified atom stereocenters. The normalized spacial score (nSPS) is 15.2. The number of esters is 1. The molecule has 1 saturated heterocycles. The van der Waals surface area contributed by atoms with Gasteiger partial charge in [0.15, 0.2) is 11.6 Å². The molecule has 0 aliphatic carbocycles. The molecule has 0 amide bonds. The summed E-state index contributed by atoms with van der Waals surface area (Å²) in [6.45, 7) is 2.16. The number of benzene rings is 1. The van der Waals surface area contributed by atoms with Crippen molar-refractivity contribution in [1.29, 1.82) is 5.26 Å². The van der Waals surface area contributed by atoms with Gasteiger partial charge in [-0.1, -0.05) is 18.2 Å². The first kappa shape index (κ1) is 24.6. The number of fused-ring (bicyclic) bond motifs is 1. The van der Waals surface area contributed by atoms with Crippen molar-refractivity contribution in [2.45, 2.75) is 37.8 Å². The number of rotatable bonds is 8. The Morgan fingerprint density at radius 3 is 2.57 bits per heavy atom. The van der Waals surface area contributed by atoms with E-state index in [0.29, 0.717) is 37.2 Å².